The molecule has 1 aromatic carbocycles. The summed E-state index contributed by atoms with van der Waals surface area (Å²) in [5, 5.41) is 2.86. The number of carbonyl (C=O) groups is 2. The fourth-order valence-corrected chi connectivity index (χ4v) is 1.40. The van der Waals surface area contributed by atoms with Crippen molar-refractivity contribution in [3.05, 3.63) is 29.8 Å². The second-order valence-electron chi connectivity index (χ2n) is 3.42. The minimum absolute atomic E-state index is 0.0181. The molecular formula is C13H17NO4. The molecule has 0 aromatic heterocycles. The first-order valence-electron chi connectivity index (χ1n) is 5.84. The summed E-state index contributed by atoms with van der Waals surface area (Å²) in [4.78, 5) is 22.9. The Morgan fingerprint density at radius 3 is 2.44 bits per heavy atom. The third kappa shape index (κ3) is 4.08. The van der Waals surface area contributed by atoms with E-state index in [2.05, 4.69) is 5.32 Å². The van der Waals surface area contributed by atoms with Crippen LogP contribution < -0.4 is 5.32 Å². The van der Waals surface area contributed by atoms with E-state index in [0.717, 1.165) is 0 Å². The van der Waals surface area contributed by atoms with Crippen LogP contribution in [0.25, 0.3) is 0 Å². The van der Waals surface area contributed by atoms with Gasteiger partial charge in [0.25, 0.3) is 0 Å². The monoisotopic (exact) mass is 251 g/mol. The lowest BCUT2D eigenvalue weighted by Gasteiger charge is -2.10. The van der Waals surface area contributed by atoms with E-state index in [9.17, 15) is 9.59 Å². The highest BCUT2D eigenvalue weighted by atomic mass is 16.5. The Kier molecular flexibility index (Phi) is 5.70. The maximum absolute atomic E-state index is 11.7. The van der Waals surface area contributed by atoms with E-state index in [4.69, 9.17) is 9.47 Å². The van der Waals surface area contributed by atoms with Crippen LogP contribution in [0.5, 0.6) is 0 Å². The van der Waals surface area contributed by atoms with Crippen LogP contribution in [0.4, 0.5) is 5.69 Å². The number of esters is 2. The number of rotatable bonds is 6. The summed E-state index contributed by atoms with van der Waals surface area (Å²) in [6, 6.07) is 6.87. The number of benzene rings is 1. The zero-order valence-electron chi connectivity index (χ0n) is 10.6. The minimum atomic E-state index is -0.413. The molecular weight excluding hydrogens is 234 g/mol. The van der Waals surface area contributed by atoms with Crippen molar-refractivity contribution in [2.24, 2.45) is 0 Å². The normalized spacial score (nSPS) is 9.67. The summed E-state index contributed by atoms with van der Waals surface area (Å²) in [7, 11) is 0. The first kappa shape index (κ1) is 14.0. The van der Waals surface area contributed by atoms with E-state index in [1.165, 1.54) is 0 Å². The van der Waals surface area contributed by atoms with Crippen LogP contribution in [0.15, 0.2) is 24.3 Å². The van der Waals surface area contributed by atoms with Crippen molar-refractivity contribution in [3.8, 4) is 0 Å². The van der Waals surface area contributed by atoms with Crippen LogP contribution in [0.1, 0.15) is 24.2 Å². The lowest BCUT2D eigenvalue weighted by Crippen LogP contribution is -2.18. The van der Waals surface area contributed by atoms with Gasteiger partial charge in [0.05, 0.1) is 18.8 Å². The van der Waals surface area contributed by atoms with Gasteiger partial charge in [0, 0.05) is 5.69 Å². The molecule has 1 rings (SSSR count). The summed E-state index contributed by atoms with van der Waals surface area (Å²) in [6.45, 7) is 4.15. The molecule has 0 spiro atoms. The van der Waals surface area contributed by atoms with Crippen LogP contribution >= 0.6 is 0 Å². The van der Waals surface area contributed by atoms with E-state index in [1.54, 1.807) is 38.1 Å². The van der Waals surface area contributed by atoms with Crippen molar-refractivity contribution in [1.29, 1.82) is 0 Å². The Bertz CT molecular complexity index is 417. The Balaban J connectivity index is 2.70. The van der Waals surface area contributed by atoms with Crippen molar-refractivity contribution >= 4 is 17.6 Å². The van der Waals surface area contributed by atoms with Gasteiger partial charge in [-0.15, -0.1) is 0 Å². The number of para-hydroxylation sites is 1. The van der Waals surface area contributed by atoms with Gasteiger partial charge in [0.15, 0.2) is 0 Å². The molecule has 5 nitrogen and oxygen atoms in total. The van der Waals surface area contributed by atoms with Crippen LogP contribution in [-0.4, -0.2) is 31.7 Å². The predicted octanol–water partition coefficient (Wildman–Crippen LogP) is 1.84. The molecule has 18 heavy (non-hydrogen) atoms. The molecule has 98 valence electrons. The second-order valence-corrected chi connectivity index (χ2v) is 3.42. The number of carbonyl (C=O) groups excluding carboxylic acids is 2. The second kappa shape index (κ2) is 7.32. The van der Waals surface area contributed by atoms with Gasteiger partial charge >= 0.3 is 11.9 Å². The molecule has 1 aromatic rings. The Hall–Kier alpha value is -2.04. The Labute approximate surface area is 106 Å². The molecule has 0 aliphatic carbocycles. The molecule has 0 saturated heterocycles. The predicted molar refractivity (Wildman–Crippen MR) is 67.5 cm³/mol. The van der Waals surface area contributed by atoms with E-state index in [0.29, 0.717) is 24.5 Å². The minimum Gasteiger partial charge on any atom is -0.465 e. The third-order valence-electron chi connectivity index (χ3n) is 2.15. The molecule has 5 heteroatoms. The average molecular weight is 251 g/mol. The maximum Gasteiger partial charge on any atom is 0.340 e. The Morgan fingerprint density at radius 1 is 1.11 bits per heavy atom. The lowest BCUT2D eigenvalue weighted by atomic mass is 10.2. The molecule has 0 bridgehead atoms. The average Bonchev–Trinajstić information content (AvgIpc) is 2.37. The van der Waals surface area contributed by atoms with Gasteiger partial charge in [-0.1, -0.05) is 12.1 Å². The summed E-state index contributed by atoms with van der Waals surface area (Å²) in [5.74, 6) is -0.777. The maximum atomic E-state index is 11.7. The van der Waals surface area contributed by atoms with Crippen molar-refractivity contribution in [2.75, 3.05) is 25.1 Å². The summed E-state index contributed by atoms with van der Waals surface area (Å²) in [6.07, 6.45) is 0. The molecule has 0 heterocycles. The van der Waals surface area contributed by atoms with E-state index in [1.807, 2.05) is 0 Å². The van der Waals surface area contributed by atoms with E-state index < -0.39 is 5.97 Å². The first-order chi connectivity index (χ1) is 8.69. The van der Waals surface area contributed by atoms with Crippen molar-refractivity contribution in [2.45, 2.75) is 13.8 Å². The molecule has 0 fully saturated rings. The van der Waals surface area contributed by atoms with Crippen molar-refractivity contribution in [1.82, 2.24) is 0 Å². The molecule has 0 amide bonds. The molecule has 0 unspecified atom stereocenters. The van der Waals surface area contributed by atoms with Gasteiger partial charge in [-0.05, 0) is 26.0 Å². The van der Waals surface area contributed by atoms with Gasteiger partial charge < -0.3 is 14.8 Å². The van der Waals surface area contributed by atoms with E-state index >= 15 is 0 Å². The molecule has 0 saturated carbocycles. The highest BCUT2D eigenvalue weighted by Crippen LogP contribution is 2.15. The van der Waals surface area contributed by atoms with Crippen LogP contribution in [0.2, 0.25) is 0 Å². The summed E-state index contributed by atoms with van der Waals surface area (Å²) >= 11 is 0. The molecule has 0 aliphatic heterocycles. The quantitative estimate of drug-likeness (QED) is 0.781. The SMILES string of the molecule is CCOC(=O)CNc1ccccc1C(=O)OCC. The lowest BCUT2D eigenvalue weighted by molar-refractivity contribution is -0.140. The summed E-state index contributed by atoms with van der Waals surface area (Å²) in [5.41, 5.74) is 0.965. The smallest absolute Gasteiger partial charge is 0.340 e. The highest BCUT2D eigenvalue weighted by molar-refractivity contribution is 5.96. The van der Waals surface area contributed by atoms with Gasteiger partial charge in [0.1, 0.15) is 6.54 Å². The number of hydrogen-bond acceptors (Lipinski definition) is 5. The van der Waals surface area contributed by atoms with Gasteiger partial charge in [-0.3, -0.25) is 4.79 Å². The number of ether oxygens (including phenoxy) is 2. The summed E-state index contributed by atoms with van der Waals surface area (Å²) < 4.78 is 9.72. The van der Waals surface area contributed by atoms with E-state index in [-0.39, 0.29) is 12.5 Å². The standard InChI is InChI=1S/C13H17NO4/c1-3-17-12(15)9-14-11-8-6-5-7-10(11)13(16)18-4-2/h5-8,14H,3-4,9H2,1-2H3. The van der Waals surface area contributed by atoms with Crippen LogP contribution in [0.3, 0.4) is 0 Å². The van der Waals surface area contributed by atoms with Crippen molar-refractivity contribution in [3.63, 3.8) is 0 Å². The third-order valence-corrected chi connectivity index (χ3v) is 2.15. The largest absolute Gasteiger partial charge is 0.465 e. The Morgan fingerprint density at radius 2 is 1.78 bits per heavy atom. The fraction of sp³-hybridized carbons (Fsp3) is 0.385. The van der Waals surface area contributed by atoms with Gasteiger partial charge in [-0.25, -0.2) is 4.79 Å². The highest BCUT2D eigenvalue weighted by Gasteiger charge is 2.12. The zero-order valence-corrected chi connectivity index (χ0v) is 10.6. The molecule has 0 radical (unpaired) electrons. The topological polar surface area (TPSA) is 64.6 Å². The molecule has 0 atom stereocenters. The first-order valence-corrected chi connectivity index (χ1v) is 5.84. The van der Waals surface area contributed by atoms with Crippen molar-refractivity contribution < 1.29 is 19.1 Å². The fourth-order valence-electron chi connectivity index (χ4n) is 1.40. The number of anilines is 1. The molecule has 0 aliphatic rings. The van der Waals surface area contributed by atoms with Crippen LogP contribution in [-0.2, 0) is 14.3 Å². The van der Waals surface area contributed by atoms with Crippen LogP contribution in [0, 0.1) is 0 Å². The van der Waals surface area contributed by atoms with Gasteiger partial charge in [-0.2, -0.15) is 0 Å². The van der Waals surface area contributed by atoms with Gasteiger partial charge in [0.2, 0.25) is 0 Å². The zero-order chi connectivity index (χ0) is 13.4. The molecule has 1 N–H and O–H groups in total. The number of hydrogen-bond donors (Lipinski definition) is 1. The number of nitrogens with one attached hydrogen (secondary N) is 1.